The number of hydrogen-bond acceptors (Lipinski definition) is 5. The first kappa shape index (κ1) is 22.0. The van der Waals surface area contributed by atoms with Crippen molar-refractivity contribution in [2.24, 2.45) is 0 Å². The number of nitrogens with two attached hydrogens (primary N) is 2. The van der Waals surface area contributed by atoms with E-state index in [1.54, 1.807) is 18.2 Å². The summed E-state index contributed by atoms with van der Waals surface area (Å²) in [7, 11) is 0. The molecular formula is C28H26N3O2-. The fraction of sp³-hybridized carbons (Fsp3) is 0.107. The SMILES string of the molecule is CC1=CC(c2c(N)cc(OC(c3ccccc3)c3ccccc3)cc2N)=CC(=N)C1=C(C)[O-]. The van der Waals surface area contributed by atoms with Crippen LogP contribution >= 0.6 is 0 Å². The average Bonchev–Trinajstić information content (AvgIpc) is 2.77. The van der Waals surface area contributed by atoms with Gasteiger partial charge in [0.15, 0.2) is 0 Å². The predicted molar refractivity (Wildman–Crippen MR) is 133 cm³/mol. The maximum Gasteiger partial charge on any atom is 0.149 e. The third kappa shape index (κ3) is 4.53. The Kier molecular flexibility index (Phi) is 6.05. The van der Waals surface area contributed by atoms with Gasteiger partial charge in [-0.05, 0) is 40.8 Å². The standard InChI is InChI=1S/C28H27N3O2/c1-17-13-21(14-23(29)26(17)18(2)32)27-24(30)15-22(16-25(27)31)33-28(19-9-5-3-6-10-19)20-11-7-4-8-12-20/h3-16,28-29,32H,30-31H2,1-2H3/p-1. The number of allylic oxidation sites excluding steroid dienone is 6. The molecule has 1 aliphatic rings. The summed E-state index contributed by atoms with van der Waals surface area (Å²) in [6, 6.07) is 23.4. The summed E-state index contributed by atoms with van der Waals surface area (Å²) in [5.74, 6) is 0.413. The van der Waals surface area contributed by atoms with Gasteiger partial charge in [0.2, 0.25) is 0 Å². The summed E-state index contributed by atoms with van der Waals surface area (Å²) >= 11 is 0. The normalized spacial score (nSPS) is 15.2. The summed E-state index contributed by atoms with van der Waals surface area (Å²) < 4.78 is 6.40. The fourth-order valence-corrected chi connectivity index (χ4v) is 4.18. The van der Waals surface area contributed by atoms with Crippen molar-refractivity contribution in [1.29, 1.82) is 5.41 Å². The molecule has 0 radical (unpaired) electrons. The minimum atomic E-state index is -0.325. The molecule has 0 saturated carbocycles. The second kappa shape index (κ2) is 9.09. The lowest BCUT2D eigenvalue weighted by Crippen LogP contribution is -2.14. The molecule has 5 N–H and O–H groups in total. The highest BCUT2D eigenvalue weighted by atomic mass is 16.5. The van der Waals surface area contributed by atoms with Gasteiger partial charge in [0.1, 0.15) is 11.9 Å². The van der Waals surface area contributed by atoms with Crippen LogP contribution in [0.1, 0.15) is 36.6 Å². The Labute approximate surface area is 193 Å². The van der Waals surface area contributed by atoms with Crippen molar-refractivity contribution in [3.63, 3.8) is 0 Å². The summed E-state index contributed by atoms with van der Waals surface area (Å²) in [4.78, 5) is 0. The van der Waals surface area contributed by atoms with Gasteiger partial charge in [-0.3, -0.25) is 0 Å². The van der Waals surface area contributed by atoms with Crippen LogP contribution in [0.5, 0.6) is 5.75 Å². The van der Waals surface area contributed by atoms with Crippen molar-refractivity contribution in [2.75, 3.05) is 11.5 Å². The molecule has 0 bridgehead atoms. The Morgan fingerprint density at radius 1 is 0.879 bits per heavy atom. The van der Waals surface area contributed by atoms with Crippen LogP contribution in [0.3, 0.4) is 0 Å². The van der Waals surface area contributed by atoms with Crippen molar-refractivity contribution in [3.8, 4) is 5.75 Å². The van der Waals surface area contributed by atoms with E-state index < -0.39 is 0 Å². The molecule has 33 heavy (non-hydrogen) atoms. The molecular weight excluding hydrogens is 410 g/mol. The van der Waals surface area contributed by atoms with Crippen LogP contribution < -0.4 is 21.3 Å². The maximum absolute atomic E-state index is 11.9. The molecule has 5 heteroatoms. The van der Waals surface area contributed by atoms with E-state index in [1.165, 1.54) is 6.92 Å². The molecule has 0 saturated heterocycles. The molecule has 0 amide bonds. The van der Waals surface area contributed by atoms with Crippen LogP contribution in [0.15, 0.2) is 102 Å². The molecule has 0 atom stereocenters. The van der Waals surface area contributed by atoms with Gasteiger partial charge in [0.25, 0.3) is 0 Å². The molecule has 0 unspecified atom stereocenters. The minimum absolute atomic E-state index is 0.137. The Morgan fingerprint density at radius 3 is 1.85 bits per heavy atom. The number of rotatable bonds is 5. The average molecular weight is 437 g/mol. The molecule has 3 aromatic rings. The van der Waals surface area contributed by atoms with E-state index in [0.717, 1.165) is 16.7 Å². The topological polar surface area (TPSA) is 108 Å². The highest BCUT2D eigenvalue weighted by Crippen LogP contribution is 2.38. The number of ether oxygens (including phenoxy) is 1. The lowest BCUT2D eigenvalue weighted by atomic mass is 9.88. The lowest BCUT2D eigenvalue weighted by Gasteiger charge is -2.24. The summed E-state index contributed by atoms with van der Waals surface area (Å²) in [6.45, 7) is 3.28. The smallest absolute Gasteiger partial charge is 0.149 e. The van der Waals surface area contributed by atoms with Crippen LogP contribution in [-0.4, -0.2) is 5.71 Å². The van der Waals surface area contributed by atoms with Crippen LogP contribution in [0.4, 0.5) is 11.4 Å². The predicted octanol–water partition coefficient (Wildman–Crippen LogP) is 5.02. The quantitative estimate of drug-likeness (QED) is 0.385. The van der Waals surface area contributed by atoms with Crippen molar-refractivity contribution in [1.82, 2.24) is 0 Å². The van der Waals surface area contributed by atoms with Crippen molar-refractivity contribution in [2.45, 2.75) is 20.0 Å². The highest BCUT2D eigenvalue weighted by Gasteiger charge is 2.20. The van der Waals surface area contributed by atoms with Gasteiger partial charge in [-0.1, -0.05) is 73.7 Å². The van der Waals surface area contributed by atoms with Crippen molar-refractivity contribution < 1.29 is 9.84 Å². The van der Waals surface area contributed by atoms with Crippen molar-refractivity contribution in [3.05, 3.63) is 119 Å². The maximum atomic E-state index is 11.9. The van der Waals surface area contributed by atoms with E-state index in [9.17, 15) is 5.11 Å². The van der Waals surface area contributed by atoms with Gasteiger partial charge in [-0.2, -0.15) is 0 Å². The van der Waals surface area contributed by atoms with Crippen LogP contribution in [0.2, 0.25) is 0 Å². The van der Waals surface area contributed by atoms with Crippen molar-refractivity contribution >= 4 is 22.7 Å². The molecule has 0 aromatic heterocycles. The molecule has 0 fully saturated rings. The van der Waals surface area contributed by atoms with Gasteiger partial charge in [0.05, 0.1) is 5.71 Å². The van der Waals surface area contributed by atoms with Gasteiger partial charge in [-0.25, -0.2) is 0 Å². The first-order valence-electron chi connectivity index (χ1n) is 10.7. The number of nitrogen functional groups attached to an aromatic ring is 2. The summed E-state index contributed by atoms with van der Waals surface area (Å²) in [6.07, 6.45) is 3.14. The Morgan fingerprint density at radius 2 is 1.39 bits per heavy atom. The molecule has 0 heterocycles. The second-order valence-corrected chi connectivity index (χ2v) is 8.07. The zero-order valence-corrected chi connectivity index (χ0v) is 18.6. The van der Waals surface area contributed by atoms with E-state index in [1.807, 2.05) is 73.7 Å². The number of anilines is 2. The zero-order chi connectivity index (χ0) is 23.5. The third-order valence-electron chi connectivity index (χ3n) is 5.61. The lowest BCUT2D eigenvalue weighted by molar-refractivity contribution is -0.302. The second-order valence-electron chi connectivity index (χ2n) is 8.07. The Balaban J connectivity index is 1.71. The first-order chi connectivity index (χ1) is 15.8. The van der Waals surface area contributed by atoms with E-state index in [0.29, 0.717) is 33.8 Å². The van der Waals surface area contributed by atoms with Crippen LogP contribution in [0, 0.1) is 5.41 Å². The van der Waals surface area contributed by atoms with E-state index in [4.69, 9.17) is 21.6 Å². The molecule has 1 aliphatic carbocycles. The highest BCUT2D eigenvalue weighted by molar-refractivity contribution is 6.17. The van der Waals surface area contributed by atoms with E-state index in [-0.39, 0.29) is 17.6 Å². The largest absolute Gasteiger partial charge is 0.875 e. The molecule has 0 spiro atoms. The summed E-state index contributed by atoms with van der Waals surface area (Å²) in [5, 5.41) is 20.1. The molecule has 166 valence electrons. The molecule has 3 aromatic carbocycles. The Hall–Kier alpha value is -4.25. The van der Waals surface area contributed by atoms with E-state index in [2.05, 4.69) is 0 Å². The fourth-order valence-electron chi connectivity index (χ4n) is 4.18. The Bertz CT molecular complexity index is 1220. The van der Waals surface area contributed by atoms with Gasteiger partial charge in [-0.15, -0.1) is 5.76 Å². The van der Waals surface area contributed by atoms with Gasteiger partial charge in [0, 0.05) is 29.1 Å². The van der Waals surface area contributed by atoms with Gasteiger partial charge >= 0.3 is 0 Å². The van der Waals surface area contributed by atoms with E-state index >= 15 is 0 Å². The molecule has 0 aliphatic heterocycles. The number of benzene rings is 3. The molecule has 4 rings (SSSR count). The van der Waals surface area contributed by atoms with Crippen LogP contribution in [0.25, 0.3) is 5.57 Å². The molecule has 5 nitrogen and oxygen atoms in total. The van der Waals surface area contributed by atoms with Gasteiger partial charge < -0.3 is 26.7 Å². The van der Waals surface area contributed by atoms with Crippen LogP contribution in [-0.2, 0) is 0 Å². The number of hydrogen-bond donors (Lipinski definition) is 3. The zero-order valence-electron chi connectivity index (χ0n) is 18.6. The first-order valence-corrected chi connectivity index (χ1v) is 10.7. The monoisotopic (exact) mass is 436 g/mol. The minimum Gasteiger partial charge on any atom is -0.875 e. The number of nitrogens with one attached hydrogen (secondary N) is 1. The summed E-state index contributed by atoms with van der Waals surface area (Å²) in [5.41, 5.74) is 18.4. The third-order valence-corrected chi connectivity index (χ3v) is 5.61.